The third kappa shape index (κ3) is 4.46. The lowest BCUT2D eigenvalue weighted by atomic mass is 10.2. The number of Topliss-reactive ketones (excluding diaryl/α,β-unsaturated/α-hetero) is 1. The minimum Gasteiger partial charge on any atom is -0.465 e. The Morgan fingerprint density at radius 3 is 2.58 bits per heavy atom. The van der Waals surface area contributed by atoms with Crippen LogP contribution in [0.4, 0.5) is 0 Å². The van der Waals surface area contributed by atoms with E-state index in [0.717, 1.165) is 0 Å². The maximum atomic E-state index is 11.9. The first-order chi connectivity index (χ1) is 8.86. The second-order valence-electron chi connectivity index (χ2n) is 3.71. The summed E-state index contributed by atoms with van der Waals surface area (Å²) in [7, 11) is -3.83. The zero-order chi connectivity index (χ0) is 14.5. The van der Waals surface area contributed by atoms with E-state index in [4.69, 9.17) is 0 Å². The molecule has 0 unspecified atom stereocenters. The van der Waals surface area contributed by atoms with Crippen molar-refractivity contribution in [3.05, 3.63) is 29.8 Å². The molecule has 0 heterocycles. The van der Waals surface area contributed by atoms with Crippen molar-refractivity contribution in [2.24, 2.45) is 0 Å². The smallest absolute Gasteiger partial charge is 0.321 e. The van der Waals surface area contributed by atoms with E-state index >= 15 is 0 Å². The van der Waals surface area contributed by atoms with E-state index in [1.165, 1.54) is 31.2 Å². The summed E-state index contributed by atoms with van der Waals surface area (Å²) in [4.78, 5) is 22.2. The van der Waals surface area contributed by atoms with Gasteiger partial charge in [-0.15, -0.1) is 0 Å². The topological polar surface area (TPSA) is 89.5 Å². The Kier molecular flexibility index (Phi) is 5.20. The summed E-state index contributed by atoms with van der Waals surface area (Å²) in [6.45, 7) is 2.71. The third-order valence-corrected chi connectivity index (χ3v) is 3.66. The van der Waals surface area contributed by atoms with Crippen molar-refractivity contribution in [3.63, 3.8) is 0 Å². The van der Waals surface area contributed by atoms with Crippen LogP contribution in [0.2, 0.25) is 0 Å². The molecule has 0 atom stereocenters. The minimum atomic E-state index is -3.83. The Labute approximate surface area is 111 Å². The molecular formula is C12H15NO5S. The first kappa shape index (κ1) is 15.3. The number of ketones is 1. The predicted octanol–water partition coefficient (Wildman–Crippen LogP) is 0.731. The second kappa shape index (κ2) is 6.44. The lowest BCUT2D eigenvalue weighted by Crippen LogP contribution is -2.30. The Morgan fingerprint density at radius 2 is 2.00 bits per heavy atom. The van der Waals surface area contributed by atoms with Crippen molar-refractivity contribution >= 4 is 21.8 Å². The van der Waals surface area contributed by atoms with E-state index in [-0.39, 0.29) is 17.3 Å². The van der Waals surface area contributed by atoms with Crippen molar-refractivity contribution in [2.75, 3.05) is 13.2 Å². The Hall–Kier alpha value is -1.73. The molecule has 1 rings (SSSR count). The molecule has 6 nitrogen and oxygen atoms in total. The van der Waals surface area contributed by atoms with Gasteiger partial charge in [-0.2, -0.15) is 4.72 Å². The Bertz CT molecular complexity index is 580. The van der Waals surface area contributed by atoms with Gasteiger partial charge in [-0.1, -0.05) is 12.1 Å². The maximum Gasteiger partial charge on any atom is 0.321 e. The zero-order valence-electron chi connectivity index (χ0n) is 10.7. The van der Waals surface area contributed by atoms with Gasteiger partial charge in [-0.25, -0.2) is 8.42 Å². The lowest BCUT2D eigenvalue weighted by Gasteiger charge is -2.07. The summed E-state index contributed by atoms with van der Waals surface area (Å²) in [5.41, 5.74) is 0.291. The number of hydrogen-bond acceptors (Lipinski definition) is 5. The second-order valence-corrected chi connectivity index (χ2v) is 5.48. The largest absolute Gasteiger partial charge is 0.465 e. The van der Waals surface area contributed by atoms with E-state index in [2.05, 4.69) is 9.46 Å². The van der Waals surface area contributed by atoms with Crippen LogP contribution in [0.1, 0.15) is 24.2 Å². The van der Waals surface area contributed by atoms with Crippen LogP contribution in [-0.2, 0) is 19.6 Å². The van der Waals surface area contributed by atoms with Gasteiger partial charge in [-0.05, 0) is 26.0 Å². The number of carbonyl (C=O) groups excluding carboxylic acids is 2. The molecule has 0 bridgehead atoms. The van der Waals surface area contributed by atoms with Gasteiger partial charge in [0.05, 0.1) is 11.5 Å². The first-order valence-electron chi connectivity index (χ1n) is 5.63. The van der Waals surface area contributed by atoms with Crippen molar-refractivity contribution in [1.29, 1.82) is 0 Å². The highest BCUT2D eigenvalue weighted by atomic mass is 32.2. The average molecular weight is 285 g/mol. The summed E-state index contributed by atoms with van der Waals surface area (Å²) < 4.78 is 30.5. The molecule has 1 aromatic rings. The van der Waals surface area contributed by atoms with E-state index < -0.39 is 22.5 Å². The summed E-state index contributed by atoms with van der Waals surface area (Å²) in [6, 6.07) is 5.60. The Morgan fingerprint density at radius 1 is 1.32 bits per heavy atom. The molecule has 7 heteroatoms. The summed E-state index contributed by atoms with van der Waals surface area (Å²) in [5.74, 6) is -0.892. The molecule has 0 aliphatic rings. The van der Waals surface area contributed by atoms with Crippen LogP contribution in [0.25, 0.3) is 0 Å². The number of nitrogens with one attached hydrogen (secondary N) is 1. The molecule has 0 aliphatic carbocycles. The van der Waals surface area contributed by atoms with Gasteiger partial charge >= 0.3 is 5.97 Å². The number of hydrogen-bond donors (Lipinski definition) is 1. The van der Waals surface area contributed by atoms with Crippen LogP contribution in [0, 0.1) is 0 Å². The quantitative estimate of drug-likeness (QED) is 0.615. The number of sulfonamides is 1. The molecule has 104 valence electrons. The molecule has 1 aromatic carbocycles. The van der Waals surface area contributed by atoms with Gasteiger partial charge in [0, 0.05) is 5.56 Å². The van der Waals surface area contributed by atoms with E-state index in [9.17, 15) is 18.0 Å². The van der Waals surface area contributed by atoms with Gasteiger partial charge in [-0.3, -0.25) is 9.59 Å². The van der Waals surface area contributed by atoms with E-state index in [0.29, 0.717) is 5.56 Å². The molecule has 1 N–H and O–H groups in total. The fraction of sp³-hybridized carbons (Fsp3) is 0.333. The molecule has 19 heavy (non-hydrogen) atoms. The van der Waals surface area contributed by atoms with Crippen LogP contribution in [0.5, 0.6) is 0 Å². The SMILES string of the molecule is CCOC(=O)CNS(=O)(=O)c1cccc(C(C)=O)c1. The molecule has 0 saturated heterocycles. The molecule has 0 fully saturated rings. The van der Waals surface area contributed by atoms with Gasteiger partial charge < -0.3 is 4.74 Å². The molecule has 0 amide bonds. The van der Waals surface area contributed by atoms with Crippen LogP contribution < -0.4 is 4.72 Å². The highest BCUT2D eigenvalue weighted by Crippen LogP contribution is 2.11. The van der Waals surface area contributed by atoms with Crippen molar-refractivity contribution in [1.82, 2.24) is 4.72 Å². The van der Waals surface area contributed by atoms with Crippen LogP contribution in [0.15, 0.2) is 29.2 Å². The van der Waals surface area contributed by atoms with Gasteiger partial charge in [0.15, 0.2) is 5.78 Å². The molecule has 0 aliphatic heterocycles. The van der Waals surface area contributed by atoms with Crippen LogP contribution in [-0.4, -0.2) is 33.3 Å². The van der Waals surface area contributed by atoms with Gasteiger partial charge in [0.1, 0.15) is 6.54 Å². The van der Waals surface area contributed by atoms with Crippen LogP contribution in [0.3, 0.4) is 0 Å². The minimum absolute atomic E-state index is 0.0653. The van der Waals surface area contributed by atoms with Crippen molar-refractivity contribution in [3.8, 4) is 0 Å². The number of carbonyl (C=O) groups is 2. The summed E-state index contributed by atoms with van der Waals surface area (Å²) in [5, 5.41) is 0. The monoisotopic (exact) mass is 285 g/mol. The highest BCUT2D eigenvalue weighted by molar-refractivity contribution is 7.89. The van der Waals surface area contributed by atoms with E-state index in [1.807, 2.05) is 0 Å². The predicted molar refractivity (Wildman–Crippen MR) is 68.3 cm³/mol. The average Bonchev–Trinajstić information content (AvgIpc) is 2.37. The highest BCUT2D eigenvalue weighted by Gasteiger charge is 2.16. The fourth-order valence-electron chi connectivity index (χ4n) is 1.33. The number of ether oxygens (including phenoxy) is 1. The molecule has 0 radical (unpaired) electrons. The lowest BCUT2D eigenvalue weighted by molar-refractivity contribution is -0.141. The maximum absolute atomic E-state index is 11.9. The molecule has 0 saturated carbocycles. The Balaban J connectivity index is 2.85. The molecular weight excluding hydrogens is 270 g/mol. The third-order valence-electron chi connectivity index (χ3n) is 2.26. The number of esters is 1. The van der Waals surface area contributed by atoms with Crippen molar-refractivity contribution < 1.29 is 22.7 Å². The van der Waals surface area contributed by atoms with Crippen LogP contribution >= 0.6 is 0 Å². The summed E-state index contributed by atoms with van der Waals surface area (Å²) >= 11 is 0. The normalized spacial score (nSPS) is 11.1. The van der Waals surface area contributed by atoms with Crippen molar-refractivity contribution in [2.45, 2.75) is 18.7 Å². The number of rotatable bonds is 6. The first-order valence-corrected chi connectivity index (χ1v) is 7.11. The fourth-order valence-corrected chi connectivity index (χ4v) is 2.35. The zero-order valence-corrected chi connectivity index (χ0v) is 11.5. The van der Waals surface area contributed by atoms with Gasteiger partial charge in [0.2, 0.25) is 10.0 Å². The molecule has 0 aromatic heterocycles. The number of benzene rings is 1. The summed E-state index contributed by atoms with van der Waals surface area (Å²) in [6.07, 6.45) is 0. The van der Waals surface area contributed by atoms with E-state index in [1.54, 1.807) is 6.92 Å². The van der Waals surface area contributed by atoms with Gasteiger partial charge in [0.25, 0.3) is 0 Å². The standard InChI is InChI=1S/C12H15NO5S/c1-3-18-12(15)8-13-19(16,17)11-6-4-5-10(7-11)9(2)14/h4-7,13H,3,8H2,1-2H3. The molecule has 0 spiro atoms.